The van der Waals surface area contributed by atoms with Crippen molar-refractivity contribution in [3.63, 3.8) is 0 Å². The van der Waals surface area contributed by atoms with E-state index in [2.05, 4.69) is 24.1 Å². The fourth-order valence-electron chi connectivity index (χ4n) is 2.49. The molecule has 1 fully saturated rings. The van der Waals surface area contributed by atoms with E-state index >= 15 is 0 Å². The zero-order valence-electron chi connectivity index (χ0n) is 12.0. The smallest absolute Gasteiger partial charge is 0.234 e. The number of morpholine rings is 1. The van der Waals surface area contributed by atoms with Crippen molar-refractivity contribution in [2.75, 3.05) is 19.6 Å². The molecule has 1 aliphatic rings. The number of primary amides is 1. The van der Waals surface area contributed by atoms with Gasteiger partial charge in [-0.2, -0.15) is 0 Å². The van der Waals surface area contributed by atoms with Crippen molar-refractivity contribution in [1.29, 1.82) is 0 Å². The summed E-state index contributed by atoms with van der Waals surface area (Å²) in [5, 5.41) is 3.21. The van der Waals surface area contributed by atoms with Gasteiger partial charge < -0.3 is 15.8 Å². The number of amides is 1. The lowest BCUT2D eigenvalue weighted by Gasteiger charge is -2.35. The van der Waals surface area contributed by atoms with Gasteiger partial charge in [-0.05, 0) is 20.3 Å². The highest BCUT2D eigenvalue weighted by atomic mass is 16.5. The van der Waals surface area contributed by atoms with E-state index in [0.29, 0.717) is 0 Å². The highest BCUT2D eigenvalue weighted by molar-refractivity contribution is 5.79. The van der Waals surface area contributed by atoms with Crippen LogP contribution < -0.4 is 11.1 Å². The molecule has 1 amide bonds. The molecule has 0 aromatic rings. The van der Waals surface area contributed by atoms with Crippen LogP contribution in [0.25, 0.3) is 0 Å². The summed E-state index contributed by atoms with van der Waals surface area (Å²) < 4.78 is 5.69. The van der Waals surface area contributed by atoms with E-state index in [1.165, 1.54) is 0 Å². The first-order valence-corrected chi connectivity index (χ1v) is 6.81. The predicted molar refractivity (Wildman–Crippen MR) is 72.3 cm³/mol. The minimum atomic E-state index is -0.266. The van der Waals surface area contributed by atoms with Gasteiger partial charge in [-0.25, -0.2) is 0 Å². The van der Waals surface area contributed by atoms with Crippen LogP contribution in [0.4, 0.5) is 0 Å². The number of nitrogens with zero attached hydrogens (tertiary/aromatic N) is 1. The second-order valence-electron chi connectivity index (χ2n) is 5.58. The summed E-state index contributed by atoms with van der Waals surface area (Å²) in [6.45, 7) is 10.9. The SMILES string of the molecule is CC(C)NC(CCN1CC(C)OC(C)C1)C(N)=O. The molecule has 1 heterocycles. The van der Waals surface area contributed by atoms with Crippen molar-refractivity contribution in [3.8, 4) is 0 Å². The zero-order chi connectivity index (χ0) is 13.7. The number of nitrogens with two attached hydrogens (primary N) is 1. The van der Waals surface area contributed by atoms with Crippen molar-refractivity contribution in [1.82, 2.24) is 10.2 Å². The van der Waals surface area contributed by atoms with Gasteiger partial charge in [-0.15, -0.1) is 0 Å². The van der Waals surface area contributed by atoms with Gasteiger partial charge in [-0.3, -0.25) is 9.69 Å². The maximum absolute atomic E-state index is 11.4. The third kappa shape index (κ3) is 5.33. The first-order chi connectivity index (χ1) is 8.38. The molecular formula is C13H27N3O2. The van der Waals surface area contributed by atoms with Crippen LogP contribution in [0.2, 0.25) is 0 Å². The molecule has 0 aromatic carbocycles. The van der Waals surface area contributed by atoms with Gasteiger partial charge in [0.2, 0.25) is 5.91 Å². The highest BCUT2D eigenvalue weighted by Gasteiger charge is 2.24. The summed E-state index contributed by atoms with van der Waals surface area (Å²) in [6, 6.07) is 0.0310. The van der Waals surface area contributed by atoms with Crippen LogP contribution in [0.3, 0.4) is 0 Å². The van der Waals surface area contributed by atoms with Gasteiger partial charge in [0, 0.05) is 25.7 Å². The lowest BCUT2D eigenvalue weighted by atomic mass is 10.1. The Morgan fingerprint density at radius 1 is 1.39 bits per heavy atom. The van der Waals surface area contributed by atoms with Crippen molar-refractivity contribution >= 4 is 5.91 Å². The first-order valence-electron chi connectivity index (χ1n) is 6.81. The fourth-order valence-corrected chi connectivity index (χ4v) is 2.49. The first kappa shape index (κ1) is 15.4. The average molecular weight is 257 g/mol. The van der Waals surface area contributed by atoms with Crippen LogP contribution in [-0.4, -0.2) is 54.7 Å². The number of hydrogen-bond donors (Lipinski definition) is 2. The lowest BCUT2D eigenvalue weighted by Crippen LogP contribution is -2.49. The molecule has 5 heteroatoms. The van der Waals surface area contributed by atoms with Crippen molar-refractivity contribution < 1.29 is 9.53 Å². The van der Waals surface area contributed by atoms with E-state index in [4.69, 9.17) is 10.5 Å². The summed E-state index contributed by atoms with van der Waals surface area (Å²) in [5.74, 6) is -0.266. The Balaban J connectivity index is 2.39. The third-order valence-corrected chi connectivity index (χ3v) is 3.11. The molecule has 0 aliphatic carbocycles. The molecule has 5 nitrogen and oxygen atoms in total. The summed E-state index contributed by atoms with van der Waals surface area (Å²) in [7, 11) is 0. The molecule has 1 saturated heterocycles. The standard InChI is InChI=1S/C13H27N3O2/c1-9(2)15-12(13(14)17)5-6-16-7-10(3)18-11(4)8-16/h9-12,15H,5-8H2,1-4H3,(H2,14,17). The van der Waals surface area contributed by atoms with Crippen molar-refractivity contribution in [2.45, 2.75) is 58.4 Å². The highest BCUT2D eigenvalue weighted by Crippen LogP contribution is 2.11. The fraction of sp³-hybridized carbons (Fsp3) is 0.923. The molecule has 1 rings (SSSR count). The second-order valence-corrected chi connectivity index (χ2v) is 5.58. The molecule has 0 saturated carbocycles. The van der Waals surface area contributed by atoms with Gasteiger partial charge >= 0.3 is 0 Å². The van der Waals surface area contributed by atoms with E-state index in [1.807, 2.05) is 13.8 Å². The summed E-state index contributed by atoms with van der Waals surface area (Å²) in [6.07, 6.45) is 1.28. The van der Waals surface area contributed by atoms with Crippen LogP contribution in [-0.2, 0) is 9.53 Å². The van der Waals surface area contributed by atoms with E-state index in [1.54, 1.807) is 0 Å². The minimum absolute atomic E-state index is 0.238. The van der Waals surface area contributed by atoms with Crippen LogP contribution >= 0.6 is 0 Å². The number of nitrogens with one attached hydrogen (secondary N) is 1. The molecule has 106 valence electrons. The van der Waals surface area contributed by atoms with E-state index < -0.39 is 0 Å². The third-order valence-electron chi connectivity index (χ3n) is 3.11. The Hall–Kier alpha value is -0.650. The Kier molecular flexibility index (Phi) is 6.05. The molecular weight excluding hydrogens is 230 g/mol. The Labute approximate surface area is 110 Å². The van der Waals surface area contributed by atoms with Gasteiger partial charge in [-0.1, -0.05) is 13.8 Å². The molecule has 18 heavy (non-hydrogen) atoms. The second kappa shape index (κ2) is 7.07. The van der Waals surface area contributed by atoms with Crippen molar-refractivity contribution in [3.05, 3.63) is 0 Å². The summed E-state index contributed by atoms with van der Waals surface area (Å²) in [5.41, 5.74) is 5.41. The largest absolute Gasteiger partial charge is 0.373 e. The topological polar surface area (TPSA) is 67.6 Å². The predicted octanol–water partition coefficient (Wildman–Crippen LogP) is 0.338. The van der Waals surface area contributed by atoms with E-state index in [0.717, 1.165) is 26.1 Å². The molecule has 1 aliphatic heterocycles. The summed E-state index contributed by atoms with van der Waals surface area (Å²) >= 11 is 0. The Bertz CT molecular complexity index is 261. The maximum atomic E-state index is 11.4. The molecule has 0 aromatic heterocycles. The molecule has 0 radical (unpaired) electrons. The number of rotatable bonds is 6. The summed E-state index contributed by atoms with van der Waals surface area (Å²) in [4.78, 5) is 13.7. The number of carbonyl (C=O) groups excluding carboxylic acids is 1. The van der Waals surface area contributed by atoms with Crippen molar-refractivity contribution in [2.24, 2.45) is 5.73 Å². The number of ether oxygens (including phenoxy) is 1. The minimum Gasteiger partial charge on any atom is -0.373 e. The monoisotopic (exact) mass is 257 g/mol. The lowest BCUT2D eigenvalue weighted by molar-refractivity contribution is -0.120. The maximum Gasteiger partial charge on any atom is 0.234 e. The Morgan fingerprint density at radius 2 is 1.94 bits per heavy atom. The Morgan fingerprint density at radius 3 is 2.39 bits per heavy atom. The molecule has 3 atom stereocenters. The van der Waals surface area contributed by atoms with Gasteiger partial charge in [0.1, 0.15) is 0 Å². The van der Waals surface area contributed by atoms with Crippen LogP contribution in [0, 0.1) is 0 Å². The van der Waals surface area contributed by atoms with E-state index in [-0.39, 0.29) is 30.2 Å². The molecule has 0 bridgehead atoms. The number of hydrogen-bond acceptors (Lipinski definition) is 4. The van der Waals surface area contributed by atoms with Crippen LogP contribution in [0.5, 0.6) is 0 Å². The van der Waals surface area contributed by atoms with Crippen LogP contribution in [0.15, 0.2) is 0 Å². The normalized spacial score (nSPS) is 27.4. The molecule has 3 N–H and O–H groups in total. The van der Waals surface area contributed by atoms with E-state index in [9.17, 15) is 4.79 Å². The van der Waals surface area contributed by atoms with Gasteiger partial charge in [0.15, 0.2) is 0 Å². The number of carbonyl (C=O) groups is 1. The van der Waals surface area contributed by atoms with Gasteiger partial charge in [0.25, 0.3) is 0 Å². The van der Waals surface area contributed by atoms with Gasteiger partial charge in [0.05, 0.1) is 18.2 Å². The molecule has 3 unspecified atom stereocenters. The quantitative estimate of drug-likeness (QED) is 0.720. The van der Waals surface area contributed by atoms with Crippen LogP contribution in [0.1, 0.15) is 34.1 Å². The molecule has 0 spiro atoms. The zero-order valence-corrected chi connectivity index (χ0v) is 12.0. The average Bonchev–Trinajstić information content (AvgIpc) is 2.21.